The van der Waals surface area contributed by atoms with Crippen LogP contribution in [0.4, 0.5) is 18.9 Å². The minimum absolute atomic E-state index is 0.0112. The Bertz CT molecular complexity index is 966. The van der Waals surface area contributed by atoms with E-state index in [2.05, 4.69) is 5.32 Å². The molecular formula is C18H13ClF3NO3. The first-order chi connectivity index (χ1) is 12.3. The van der Waals surface area contributed by atoms with Crippen molar-refractivity contribution in [2.24, 2.45) is 0 Å². The van der Waals surface area contributed by atoms with Crippen molar-refractivity contribution in [2.45, 2.75) is 12.6 Å². The number of amides is 1. The number of halogens is 4. The number of carbonyl (C=O) groups is 1. The van der Waals surface area contributed by atoms with Gasteiger partial charge in [0.2, 0.25) is 5.91 Å². The van der Waals surface area contributed by atoms with Crippen LogP contribution in [0, 0.1) is 0 Å². The van der Waals surface area contributed by atoms with Gasteiger partial charge in [0.15, 0.2) is 0 Å². The first-order valence-corrected chi connectivity index (χ1v) is 7.86. The molecule has 0 radical (unpaired) electrons. The van der Waals surface area contributed by atoms with Crippen molar-refractivity contribution in [2.75, 3.05) is 12.4 Å². The van der Waals surface area contributed by atoms with Gasteiger partial charge in [-0.25, -0.2) is 0 Å². The number of nitrogens with one attached hydrogen (secondary N) is 1. The van der Waals surface area contributed by atoms with Gasteiger partial charge in [0.25, 0.3) is 0 Å². The van der Waals surface area contributed by atoms with Gasteiger partial charge < -0.3 is 14.5 Å². The fourth-order valence-electron chi connectivity index (χ4n) is 2.52. The molecule has 8 heteroatoms. The third kappa shape index (κ3) is 3.77. The molecule has 2 aromatic carbocycles. The summed E-state index contributed by atoms with van der Waals surface area (Å²) in [5.74, 6) is 0.124. The van der Waals surface area contributed by atoms with Crippen LogP contribution in [-0.2, 0) is 17.4 Å². The first kappa shape index (κ1) is 18.1. The molecule has 1 amide bonds. The number of anilines is 1. The number of hydrogen-bond donors (Lipinski definition) is 1. The van der Waals surface area contributed by atoms with E-state index >= 15 is 0 Å². The SMILES string of the molecule is COc1ccc2occ(CC(=O)Nc3ccc(Cl)c(C(F)(F)F)c3)c2c1. The van der Waals surface area contributed by atoms with E-state index in [4.69, 9.17) is 20.8 Å². The van der Waals surface area contributed by atoms with Gasteiger partial charge in [-0.2, -0.15) is 13.2 Å². The average Bonchev–Trinajstić information content (AvgIpc) is 2.97. The molecule has 1 aromatic heterocycles. The normalized spacial score (nSPS) is 11.6. The third-order valence-corrected chi connectivity index (χ3v) is 4.10. The highest BCUT2D eigenvalue weighted by molar-refractivity contribution is 6.31. The second-order valence-corrected chi connectivity index (χ2v) is 5.95. The van der Waals surface area contributed by atoms with Crippen molar-refractivity contribution in [3.8, 4) is 5.75 Å². The maximum absolute atomic E-state index is 12.9. The Balaban J connectivity index is 1.80. The summed E-state index contributed by atoms with van der Waals surface area (Å²) in [4.78, 5) is 12.2. The van der Waals surface area contributed by atoms with Gasteiger partial charge in [0.05, 0.1) is 30.4 Å². The molecule has 0 saturated carbocycles. The van der Waals surface area contributed by atoms with Crippen molar-refractivity contribution < 1.29 is 27.1 Å². The molecule has 0 saturated heterocycles. The molecule has 0 aliphatic rings. The molecule has 1 N–H and O–H groups in total. The molecular weight excluding hydrogens is 371 g/mol. The number of rotatable bonds is 4. The Hall–Kier alpha value is -2.67. The molecule has 3 rings (SSSR count). The van der Waals surface area contributed by atoms with E-state index < -0.39 is 22.7 Å². The van der Waals surface area contributed by atoms with Crippen LogP contribution in [0.2, 0.25) is 5.02 Å². The van der Waals surface area contributed by atoms with Gasteiger partial charge in [-0.1, -0.05) is 11.6 Å². The van der Waals surface area contributed by atoms with E-state index in [0.29, 0.717) is 22.3 Å². The van der Waals surface area contributed by atoms with E-state index in [1.54, 1.807) is 18.2 Å². The second-order valence-electron chi connectivity index (χ2n) is 5.54. The Morgan fingerprint density at radius 1 is 1.23 bits per heavy atom. The van der Waals surface area contributed by atoms with Crippen LogP contribution < -0.4 is 10.1 Å². The van der Waals surface area contributed by atoms with Gasteiger partial charge in [-0.3, -0.25) is 4.79 Å². The van der Waals surface area contributed by atoms with Crippen molar-refractivity contribution in [1.29, 1.82) is 0 Å². The quantitative estimate of drug-likeness (QED) is 0.665. The zero-order chi connectivity index (χ0) is 18.9. The smallest absolute Gasteiger partial charge is 0.417 e. The molecule has 1 heterocycles. The second kappa shape index (κ2) is 6.92. The Morgan fingerprint density at radius 2 is 2.00 bits per heavy atom. The van der Waals surface area contributed by atoms with Crippen molar-refractivity contribution in [3.05, 3.63) is 58.8 Å². The molecule has 4 nitrogen and oxygen atoms in total. The van der Waals surface area contributed by atoms with Gasteiger partial charge in [-0.15, -0.1) is 0 Å². The summed E-state index contributed by atoms with van der Waals surface area (Å²) in [5, 5.41) is 2.72. The fraction of sp³-hybridized carbons (Fsp3) is 0.167. The maximum Gasteiger partial charge on any atom is 0.417 e. The first-order valence-electron chi connectivity index (χ1n) is 7.48. The lowest BCUT2D eigenvalue weighted by Gasteiger charge is -2.11. The molecule has 0 spiro atoms. The maximum atomic E-state index is 12.9. The van der Waals surface area contributed by atoms with Gasteiger partial charge >= 0.3 is 6.18 Å². The number of furan rings is 1. The van der Waals surface area contributed by atoms with Crippen LogP contribution in [0.5, 0.6) is 5.75 Å². The highest BCUT2D eigenvalue weighted by atomic mass is 35.5. The topological polar surface area (TPSA) is 51.5 Å². The summed E-state index contributed by atoms with van der Waals surface area (Å²) in [6.45, 7) is 0. The number of methoxy groups -OCH3 is 1. The van der Waals surface area contributed by atoms with E-state index in [-0.39, 0.29) is 12.1 Å². The summed E-state index contributed by atoms with van der Waals surface area (Å²) < 4.78 is 49.2. The lowest BCUT2D eigenvalue weighted by molar-refractivity contribution is -0.137. The number of benzene rings is 2. The van der Waals surface area contributed by atoms with Crippen LogP contribution >= 0.6 is 11.6 Å². The molecule has 0 aliphatic carbocycles. The van der Waals surface area contributed by atoms with Crippen LogP contribution in [0.15, 0.2) is 47.1 Å². The van der Waals surface area contributed by atoms with E-state index in [9.17, 15) is 18.0 Å². The predicted octanol–water partition coefficient (Wildman–Crippen LogP) is 5.29. The molecule has 0 unspecified atom stereocenters. The summed E-state index contributed by atoms with van der Waals surface area (Å²) >= 11 is 5.57. The fourth-order valence-corrected chi connectivity index (χ4v) is 2.75. The number of alkyl halides is 3. The van der Waals surface area contributed by atoms with Gasteiger partial charge in [-0.05, 0) is 36.4 Å². The minimum Gasteiger partial charge on any atom is -0.497 e. The van der Waals surface area contributed by atoms with Crippen LogP contribution in [0.3, 0.4) is 0 Å². The van der Waals surface area contributed by atoms with E-state index in [1.165, 1.54) is 19.4 Å². The number of hydrogen-bond acceptors (Lipinski definition) is 3. The average molecular weight is 384 g/mol. The summed E-state index contributed by atoms with van der Waals surface area (Å²) in [5.41, 5.74) is 0.188. The van der Waals surface area contributed by atoms with Crippen LogP contribution in [0.25, 0.3) is 11.0 Å². The lowest BCUT2D eigenvalue weighted by Crippen LogP contribution is -2.15. The lowest BCUT2D eigenvalue weighted by atomic mass is 10.1. The molecule has 0 atom stereocenters. The summed E-state index contributed by atoms with van der Waals surface area (Å²) in [6, 6.07) is 8.37. The molecule has 26 heavy (non-hydrogen) atoms. The van der Waals surface area contributed by atoms with E-state index in [1.807, 2.05) is 0 Å². The Kier molecular flexibility index (Phi) is 4.82. The van der Waals surface area contributed by atoms with Crippen molar-refractivity contribution in [3.63, 3.8) is 0 Å². The summed E-state index contributed by atoms with van der Waals surface area (Å²) in [7, 11) is 1.52. The van der Waals surface area contributed by atoms with E-state index in [0.717, 1.165) is 12.1 Å². The predicted molar refractivity (Wildman–Crippen MR) is 91.6 cm³/mol. The highest BCUT2D eigenvalue weighted by Crippen LogP contribution is 2.36. The Labute approximate surface area is 151 Å². The largest absolute Gasteiger partial charge is 0.497 e. The van der Waals surface area contributed by atoms with Crippen molar-refractivity contribution >= 4 is 34.2 Å². The zero-order valence-corrected chi connectivity index (χ0v) is 14.2. The highest BCUT2D eigenvalue weighted by Gasteiger charge is 2.33. The molecule has 136 valence electrons. The summed E-state index contributed by atoms with van der Waals surface area (Å²) in [6.07, 6.45) is -3.23. The van der Waals surface area contributed by atoms with Crippen LogP contribution in [-0.4, -0.2) is 13.0 Å². The van der Waals surface area contributed by atoms with Gasteiger partial charge in [0.1, 0.15) is 11.3 Å². The number of fused-ring (bicyclic) bond motifs is 1. The number of ether oxygens (including phenoxy) is 1. The third-order valence-electron chi connectivity index (χ3n) is 3.77. The zero-order valence-electron chi connectivity index (χ0n) is 13.5. The molecule has 3 aromatic rings. The monoisotopic (exact) mass is 383 g/mol. The van der Waals surface area contributed by atoms with Crippen molar-refractivity contribution in [1.82, 2.24) is 0 Å². The standard InChI is InChI=1S/C18H13ClF3NO3/c1-25-12-3-5-16-13(8-12)10(9-26-16)6-17(24)23-11-2-4-15(19)14(7-11)18(20,21)22/h2-5,7-9H,6H2,1H3,(H,23,24). The minimum atomic E-state index is -4.60. The molecule has 0 aliphatic heterocycles. The number of carbonyl (C=O) groups excluding carboxylic acids is 1. The van der Waals surface area contributed by atoms with Gasteiger partial charge in [0, 0.05) is 16.6 Å². The molecule has 0 fully saturated rings. The van der Waals surface area contributed by atoms with Crippen LogP contribution in [0.1, 0.15) is 11.1 Å². The molecule has 0 bridgehead atoms. The Morgan fingerprint density at radius 3 is 2.69 bits per heavy atom.